The van der Waals surface area contributed by atoms with Gasteiger partial charge in [0.1, 0.15) is 0 Å². The third-order valence-electron chi connectivity index (χ3n) is 3.22. The van der Waals surface area contributed by atoms with Crippen molar-refractivity contribution in [1.82, 2.24) is 4.98 Å². The van der Waals surface area contributed by atoms with E-state index in [4.69, 9.17) is 11.6 Å². The molecule has 0 unspecified atom stereocenters. The summed E-state index contributed by atoms with van der Waals surface area (Å²) in [5.41, 5.74) is 2.89. The second-order valence-electron chi connectivity index (χ2n) is 5.09. The number of rotatable bonds is 3. The number of fused-ring (bicyclic) bond motifs is 1. The molecule has 1 amide bonds. The van der Waals surface area contributed by atoms with Crippen molar-refractivity contribution >= 4 is 50.4 Å². The number of thiazole rings is 1. The number of carbonyl (C=O) groups excluding carboxylic acids is 1. The summed E-state index contributed by atoms with van der Waals surface area (Å²) in [5, 5.41) is 6.76. The number of benzene rings is 2. The average Bonchev–Trinajstić information content (AvgIpc) is 2.91. The van der Waals surface area contributed by atoms with Gasteiger partial charge in [0.15, 0.2) is 0 Å². The predicted molar refractivity (Wildman–Crippen MR) is 96.6 cm³/mol. The van der Waals surface area contributed by atoms with Crippen LogP contribution in [0.5, 0.6) is 0 Å². The molecule has 0 radical (unpaired) electrons. The zero-order valence-electron chi connectivity index (χ0n) is 12.7. The van der Waals surface area contributed by atoms with Gasteiger partial charge in [0.25, 0.3) is 0 Å². The van der Waals surface area contributed by atoms with Crippen LogP contribution in [0.3, 0.4) is 0 Å². The van der Waals surface area contributed by atoms with Crippen LogP contribution in [0.4, 0.5) is 5.13 Å². The van der Waals surface area contributed by atoms with Crippen molar-refractivity contribution in [2.24, 2.45) is 5.10 Å². The van der Waals surface area contributed by atoms with Gasteiger partial charge in [-0.3, -0.25) is 4.79 Å². The van der Waals surface area contributed by atoms with E-state index < -0.39 is 0 Å². The number of nitrogens with zero attached hydrogens (tertiary/aromatic N) is 3. The Labute approximate surface area is 143 Å². The molecule has 2 aromatic carbocycles. The maximum Gasteiger partial charge on any atom is 0.246 e. The highest BCUT2D eigenvalue weighted by Crippen LogP contribution is 2.31. The first-order valence-corrected chi connectivity index (χ1v) is 8.20. The number of aryl methyl sites for hydroxylation is 1. The quantitative estimate of drug-likeness (QED) is 0.513. The normalized spacial score (nSPS) is 11.3. The maximum atomic E-state index is 11.9. The van der Waals surface area contributed by atoms with Crippen LogP contribution in [0.15, 0.2) is 47.6 Å². The van der Waals surface area contributed by atoms with E-state index in [1.54, 1.807) is 12.3 Å². The molecule has 0 saturated carbocycles. The Morgan fingerprint density at radius 2 is 2.00 bits per heavy atom. The fraction of sp³-hybridized carbons (Fsp3) is 0.118. The number of hydrogen-bond acceptors (Lipinski definition) is 4. The van der Waals surface area contributed by atoms with Gasteiger partial charge in [0.2, 0.25) is 11.0 Å². The fourth-order valence-electron chi connectivity index (χ4n) is 2.02. The molecule has 0 N–H and O–H groups in total. The molecular formula is C17H14ClN3OS. The molecule has 0 saturated heterocycles. The van der Waals surface area contributed by atoms with Gasteiger partial charge in [-0.25, -0.2) is 4.98 Å². The summed E-state index contributed by atoms with van der Waals surface area (Å²) in [5.74, 6) is -0.196. The Hall–Kier alpha value is -2.24. The van der Waals surface area contributed by atoms with Crippen molar-refractivity contribution in [2.45, 2.75) is 13.8 Å². The maximum absolute atomic E-state index is 11.9. The molecule has 1 heterocycles. The van der Waals surface area contributed by atoms with E-state index in [2.05, 4.69) is 10.1 Å². The van der Waals surface area contributed by atoms with E-state index in [1.807, 2.05) is 43.3 Å². The van der Waals surface area contributed by atoms with Crippen LogP contribution in [0.1, 0.15) is 18.1 Å². The van der Waals surface area contributed by atoms with Crippen LogP contribution in [0.2, 0.25) is 5.02 Å². The Kier molecular flexibility index (Phi) is 4.41. The highest BCUT2D eigenvalue weighted by molar-refractivity contribution is 7.22. The molecule has 3 rings (SSSR count). The molecule has 3 aromatic rings. The van der Waals surface area contributed by atoms with E-state index >= 15 is 0 Å². The molecule has 0 bridgehead atoms. The topological polar surface area (TPSA) is 45.6 Å². The van der Waals surface area contributed by atoms with E-state index in [0.717, 1.165) is 15.8 Å². The van der Waals surface area contributed by atoms with Gasteiger partial charge >= 0.3 is 0 Å². The van der Waals surface area contributed by atoms with Gasteiger partial charge in [0, 0.05) is 11.9 Å². The Morgan fingerprint density at radius 1 is 1.26 bits per heavy atom. The van der Waals surface area contributed by atoms with Crippen LogP contribution in [-0.4, -0.2) is 17.1 Å². The van der Waals surface area contributed by atoms with Crippen molar-refractivity contribution in [2.75, 3.05) is 5.01 Å². The average molecular weight is 344 g/mol. The molecular weight excluding hydrogens is 330 g/mol. The number of hydrazone groups is 1. The van der Waals surface area contributed by atoms with Crippen molar-refractivity contribution in [1.29, 1.82) is 0 Å². The summed E-state index contributed by atoms with van der Waals surface area (Å²) in [6.07, 6.45) is 1.65. The Bertz CT molecular complexity index is 886. The lowest BCUT2D eigenvalue weighted by atomic mass is 10.2. The van der Waals surface area contributed by atoms with Crippen LogP contribution < -0.4 is 5.01 Å². The largest absolute Gasteiger partial charge is 0.273 e. The summed E-state index contributed by atoms with van der Waals surface area (Å²) < 4.78 is 0.921. The molecule has 0 atom stereocenters. The molecule has 4 nitrogen and oxygen atoms in total. The first-order chi connectivity index (χ1) is 11.0. The lowest BCUT2D eigenvalue weighted by Crippen LogP contribution is -2.22. The predicted octanol–water partition coefficient (Wildman–Crippen LogP) is 4.65. The molecule has 0 spiro atoms. The third-order valence-corrected chi connectivity index (χ3v) is 4.45. The van der Waals surface area contributed by atoms with E-state index in [1.165, 1.54) is 28.8 Å². The second-order valence-corrected chi connectivity index (χ2v) is 6.54. The standard InChI is InChI=1S/C17H14ClN3OS/c1-11-3-5-13(6-4-11)10-19-21(12(2)22)17-20-15-8-7-14(18)9-16(15)23-17/h3-10H,1-2H3/b19-10-. The number of anilines is 1. The van der Waals surface area contributed by atoms with Gasteiger partial charge in [-0.1, -0.05) is 52.8 Å². The summed E-state index contributed by atoms with van der Waals surface area (Å²) in [4.78, 5) is 16.4. The summed E-state index contributed by atoms with van der Waals surface area (Å²) >= 11 is 7.37. The van der Waals surface area contributed by atoms with E-state index in [0.29, 0.717) is 10.2 Å². The number of amides is 1. The van der Waals surface area contributed by atoms with E-state index in [-0.39, 0.29) is 5.91 Å². The van der Waals surface area contributed by atoms with Crippen molar-refractivity contribution in [3.63, 3.8) is 0 Å². The van der Waals surface area contributed by atoms with E-state index in [9.17, 15) is 4.79 Å². The molecule has 1 aromatic heterocycles. The zero-order chi connectivity index (χ0) is 16.4. The van der Waals surface area contributed by atoms with Gasteiger partial charge in [-0.05, 0) is 30.7 Å². The smallest absolute Gasteiger partial charge is 0.246 e. The molecule has 23 heavy (non-hydrogen) atoms. The zero-order valence-corrected chi connectivity index (χ0v) is 14.2. The number of aromatic nitrogens is 1. The minimum Gasteiger partial charge on any atom is -0.273 e. The van der Waals surface area contributed by atoms with Crippen LogP contribution in [0, 0.1) is 6.92 Å². The lowest BCUT2D eigenvalue weighted by molar-refractivity contribution is -0.116. The molecule has 6 heteroatoms. The first-order valence-electron chi connectivity index (χ1n) is 7.00. The van der Waals surface area contributed by atoms with Gasteiger partial charge in [0.05, 0.1) is 16.4 Å². The highest BCUT2D eigenvalue weighted by atomic mass is 35.5. The summed E-state index contributed by atoms with van der Waals surface area (Å²) in [6, 6.07) is 13.4. The molecule has 0 aliphatic rings. The van der Waals surface area contributed by atoms with Crippen LogP contribution in [-0.2, 0) is 4.79 Å². The highest BCUT2D eigenvalue weighted by Gasteiger charge is 2.15. The Morgan fingerprint density at radius 3 is 2.70 bits per heavy atom. The number of carbonyl (C=O) groups is 1. The van der Waals surface area contributed by atoms with Crippen molar-refractivity contribution < 1.29 is 4.79 Å². The summed E-state index contributed by atoms with van der Waals surface area (Å²) in [7, 11) is 0. The van der Waals surface area contributed by atoms with Crippen molar-refractivity contribution in [3.05, 3.63) is 58.6 Å². The number of halogens is 1. The Balaban J connectivity index is 1.93. The summed E-state index contributed by atoms with van der Waals surface area (Å²) in [6.45, 7) is 3.49. The fourth-order valence-corrected chi connectivity index (χ4v) is 3.26. The minimum absolute atomic E-state index is 0.196. The van der Waals surface area contributed by atoms with Crippen LogP contribution >= 0.6 is 22.9 Å². The number of hydrogen-bond donors (Lipinski definition) is 0. The first kappa shape index (κ1) is 15.6. The van der Waals surface area contributed by atoms with Crippen LogP contribution in [0.25, 0.3) is 10.2 Å². The molecule has 0 aliphatic carbocycles. The lowest BCUT2D eigenvalue weighted by Gasteiger charge is -2.10. The van der Waals surface area contributed by atoms with Gasteiger partial charge in [-0.15, -0.1) is 0 Å². The molecule has 0 aliphatic heterocycles. The van der Waals surface area contributed by atoms with Gasteiger partial charge in [-0.2, -0.15) is 10.1 Å². The SMILES string of the molecule is CC(=O)N(/N=C\c1ccc(C)cc1)c1nc2ccc(Cl)cc2s1. The third kappa shape index (κ3) is 3.57. The molecule has 116 valence electrons. The monoisotopic (exact) mass is 343 g/mol. The molecule has 0 fully saturated rings. The van der Waals surface area contributed by atoms with Crippen molar-refractivity contribution in [3.8, 4) is 0 Å². The van der Waals surface area contributed by atoms with Gasteiger partial charge < -0.3 is 0 Å². The second kappa shape index (κ2) is 6.48. The minimum atomic E-state index is -0.196.